The van der Waals surface area contributed by atoms with Gasteiger partial charge in [-0.3, -0.25) is 9.78 Å². The molecule has 1 aromatic carbocycles. The third-order valence-corrected chi connectivity index (χ3v) is 5.30. The Morgan fingerprint density at radius 1 is 1.08 bits per heavy atom. The number of para-hydroxylation sites is 2. The number of hydrogen-bond acceptors (Lipinski definition) is 4. The fourth-order valence-electron chi connectivity index (χ4n) is 3.72. The highest BCUT2D eigenvalue weighted by Crippen LogP contribution is 2.35. The van der Waals surface area contributed by atoms with Gasteiger partial charge in [0.25, 0.3) is 5.91 Å². The lowest BCUT2D eigenvalue weighted by molar-refractivity contribution is -0.145. The number of aromatic nitrogens is 1. The maximum atomic E-state index is 13.0. The molecule has 2 aliphatic heterocycles. The molecule has 2 aliphatic rings. The molecule has 1 aromatic heterocycles. The van der Waals surface area contributed by atoms with Crippen molar-refractivity contribution in [1.82, 2.24) is 9.88 Å². The van der Waals surface area contributed by atoms with E-state index in [4.69, 9.17) is 9.47 Å². The van der Waals surface area contributed by atoms with Crippen molar-refractivity contribution in [1.29, 1.82) is 0 Å². The summed E-state index contributed by atoms with van der Waals surface area (Å²) in [5, 5.41) is 0. The molecule has 1 saturated heterocycles. The van der Waals surface area contributed by atoms with Crippen LogP contribution in [0.1, 0.15) is 36.9 Å². The molecule has 0 spiro atoms. The molecule has 1 fully saturated rings. The average Bonchev–Trinajstić information content (AvgIpc) is 2.68. The van der Waals surface area contributed by atoms with Gasteiger partial charge in [-0.2, -0.15) is 0 Å². The molecule has 0 saturated carbocycles. The van der Waals surface area contributed by atoms with Crippen molar-refractivity contribution in [3.63, 3.8) is 0 Å². The van der Waals surface area contributed by atoms with Crippen LogP contribution in [0.5, 0.6) is 11.5 Å². The second kappa shape index (κ2) is 6.98. The summed E-state index contributed by atoms with van der Waals surface area (Å²) in [4.78, 5) is 19.3. The molecule has 0 N–H and O–H groups in total. The maximum absolute atomic E-state index is 13.0. The number of pyridine rings is 1. The van der Waals surface area contributed by atoms with Crippen molar-refractivity contribution >= 4 is 5.91 Å². The van der Waals surface area contributed by atoms with Crippen LogP contribution in [0.25, 0.3) is 0 Å². The first-order valence-electron chi connectivity index (χ1n) is 9.25. The van der Waals surface area contributed by atoms with E-state index < -0.39 is 6.10 Å². The molecule has 1 amide bonds. The normalized spacial score (nSPS) is 22.9. The summed E-state index contributed by atoms with van der Waals surface area (Å²) in [6.45, 7) is 5.37. The molecule has 136 valence electrons. The van der Waals surface area contributed by atoms with Crippen LogP contribution in [0, 0.1) is 6.92 Å². The number of ether oxygens (including phenoxy) is 2. The third-order valence-electron chi connectivity index (χ3n) is 5.30. The number of piperidine rings is 1. The number of aryl methyl sites for hydroxylation is 1. The highest BCUT2D eigenvalue weighted by molar-refractivity contribution is 5.82. The first kappa shape index (κ1) is 16.9. The lowest BCUT2D eigenvalue weighted by atomic mass is 9.90. The Bertz CT molecular complexity index is 782. The van der Waals surface area contributed by atoms with Gasteiger partial charge in [-0.05, 0) is 56.4 Å². The zero-order chi connectivity index (χ0) is 18.1. The predicted molar refractivity (Wildman–Crippen MR) is 98.5 cm³/mol. The van der Waals surface area contributed by atoms with E-state index in [2.05, 4.69) is 17.1 Å². The molecule has 4 rings (SSSR count). The number of hydrogen-bond donors (Lipinski definition) is 0. The highest BCUT2D eigenvalue weighted by Gasteiger charge is 2.38. The quantitative estimate of drug-likeness (QED) is 0.832. The maximum Gasteiger partial charge on any atom is 0.267 e. The molecule has 0 aliphatic carbocycles. The molecule has 2 atom stereocenters. The summed E-state index contributed by atoms with van der Waals surface area (Å²) in [6, 6.07) is 11.7. The summed E-state index contributed by atoms with van der Waals surface area (Å²) in [6.07, 6.45) is 3.00. The Hall–Kier alpha value is -2.56. The van der Waals surface area contributed by atoms with E-state index in [1.807, 2.05) is 49.2 Å². The lowest BCUT2D eigenvalue weighted by Crippen LogP contribution is -2.52. The zero-order valence-corrected chi connectivity index (χ0v) is 15.2. The van der Waals surface area contributed by atoms with Gasteiger partial charge in [0, 0.05) is 25.0 Å². The van der Waals surface area contributed by atoms with E-state index in [1.54, 1.807) is 0 Å². The number of fused-ring (bicyclic) bond motifs is 1. The van der Waals surface area contributed by atoms with Gasteiger partial charge < -0.3 is 14.4 Å². The Labute approximate surface area is 153 Å². The first-order valence-corrected chi connectivity index (χ1v) is 9.25. The van der Waals surface area contributed by atoms with Crippen molar-refractivity contribution < 1.29 is 14.3 Å². The zero-order valence-electron chi connectivity index (χ0n) is 15.2. The number of carbonyl (C=O) groups excluding carboxylic acids is 1. The van der Waals surface area contributed by atoms with Gasteiger partial charge in [0.1, 0.15) is 6.10 Å². The van der Waals surface area contributed by atoms with Gasteiger partial charge in [0.05, 0.1) is 0 Å². The monoisotopic (exact) mass is 352 g/mol. The van der Waals surface area contributed by atoms with Crippen LogP contribution in [-0.2, 0) is 4.79 Å². The minimum atomic E-state index is -0.581. The Morgan fingerprint density at radius 2 is 1.77 bits per heavy atom. The molecule has 5 heteroatoms. The molecule has 0 bridgehead atoms. The van der Waals surface area contributed by atoms with Crippen molar-refractivity contribution in [3.8, 4) is 11.5 Å². The minimum absolute atomic E-state index is 0.0208. The molecular formula is C21H24N2O3. The minimum Gasteiger partial charge on any atom is -0.482 e. The number of rotatable bonds is 2. The van der Waals surface area contributed by atoms with E-state index in [0.717, 1.165) is 31.6 Å². The summed E-state index contributed by atoms with van der Waals surface area (Å²) < 4.78 is 11.8. The van der Waals surface area contributed by atoms with Crippen LogP contribution in [-0.4, -0.2) is 41.1 Å². The van der Waals surface area contributed by atoms with Crippen molar-refractivity contribution in [2.75, 3.05) is 13.1 Å². The second-order valence-electron chi connectivity index (χ2n) is 7.14. The molecule has 0 radical (unpaired) electrons. The van der Waals surface area contributed by atoms with Gasteiger partial charge in [-0.1, -0.05) is 18.2 Å². The first-order chi connectivity index (χ1) is 12.6. The van der Waals surface area contributed by atoms with E-state index in [1.165, 1.54) is 5.56 Å². The van der Waals surface area contributed by atoms with Gasteiger partial charge in [-0.25, -0.2) is 0 Å². The van der Waals surface area contributed by atoms with Gasteiger partial charge in [0.15, 0.2) is 11.5 Å². The van der Waals surface area contributed by atoms with Crippen LogP contribution in [0.4, 0.5) is 0 Å². The van der Waals surface area contributed by atoms with Crippen LogP contribution >= 0.6 is 0 Å². The fraction of sp³-hybridized carbons (Fsp3) is 0.429. The predicted octanol–water partition coefficient (Wildman–Crippen LogP) is 3.32. The van der Waals surface area contributed by atoms with Crippen LogP contribution < -0.4 is 9.47 Å². The molecular weight excluding hydrogens is 328 g/mol. The lowest BCUT2D eigenvalue weighted by Gasteiger charge is -2.37. The Morgan fingerprint density at radius 3 is 2.42 bits per heavy atom. The number of nitrogens with zero attached hydrogens (tertiary/aromatic N) is 2. The van der Waals surface area contributed by atoms with E-state index >= 15 is 0 Å². The van der Waals surface area contributed by atoms with E-state index in [9.17, 15) is 4.79 Å². The molecule has 2 aromatic rings. The summed E-state index contributed by atoms with van der Waals surface area (Å²) in [5.74, 6) is 1.83. The molecule has 26 heavy (non-hydrogen) atoms. The second-order valence-corrected chi connectivity index (χ2v) is 7.14. The van der Waals surface area contributed by atoms with Crippen LogP contribution in [0.2, 0.25) is 0 Å². The topological polar surface area (TPSA) is 51.7 Å². The average molecular weight is 352 g/mol. The number of likely N-dealkylation sites (tertiary alicyclic amines) is 1. The summed E-state index contributed by atoms with van der Waals surface area (Å²) >= 11 is 0. The summed E-state index contributed by atoms with van der Waals surface area (Å²) in [7, 11) is 0. The van der Waals surface area contributed by atoms with Gasteiger partial charge in [0.2, 0.25) is 6.10 Å². The summed E-state index contributed by atoms with van der Waals surface area (Å²) in [5.41, 5.74) is 2.30. The van der Waals surface area contributed by atoms with E-state index in [0.29, 0.717) is 17.4 Å². The van der Waals surface area contributed by atoms with Crippen molar-refractivity contribution in [3.05, 3.63) is 53.9 Å². The highest BCUT2D eigenvalue weighted by atomic mass is 16.6. The molecule has 5 nitrogen and oxygen atoms in total. The number of carbonyl (C=O) groups is 1. The van der Waals surface area contributed by atoms with Crippen molar-refractivity contribution in [2.24, 2.45) is 0 Å². The van der Waals surface area contributed by atoms with Crippen LogP contribution in [0.15, 0.2) is 42.6 Å². The fourth-order valence-corrected chi connectivity index (χ4v) is 3.72. The Balaban J connectivity index is 1.40. The SMILES string of the molecule is Cc1ccc(C2CCN(C(=O)C3Oc4ccccc4OC3C)CC2)cn1. The van der Waals surface area contributed by atoms with Crippen LogP contribution in [0.3, 0.4) is 0 Å². The molecule has 2 unspecified atom stereocenters. The van der Waals surface area contributed by atoms with Crippen molar-refractivity contribution in [2.45, 2.75) is 44.8 Å². The number of amides is 1. The third kappa shape index (κ3) is 3.26. The molecule has 3 heterocycles. The largest absolute Gasteiger partial charge is 0.482 e. The van der Waals surface area contributed by atoms with Gasteiger partial charge in [-0.15, -0.1) is 0 Å². The number of benzene rings is 1. The smallest absolute Gasteiger partial charge is 0.267 e. The van der Waals surface area contributed by atoms with E-state index in [-0.39, 0.29) is 12.0 Å². The standard InChI is InChI=1S/C21H24N2O3/c1-14-7-8-17(13-22-14)16-9-11-23(12-10-16)21(24)20-15(2)25-18-5-3-4-6-19(18)26-20/h3-8,13,15-16,20H,9-12H2,1-2H3. The Kier molecular flexibility index (Phi) is 4.53. The van der Waals surface area contributed by atoms with Gasteiger partial charge >= 0.3 is 0 Å².